The lowest BCUT2D eigenvalue weighted by molar-refractivity contribution is -0.671. The predicted molar refractivity (Wildman–Crippen MR) is 41.0 cm³/mol. The molecule has 0 fully saturated rings. The fourth-order valence-electron chi connectivity index (χ4n) is 0.797. The molecule has 1 N–H and O–H groups in total. The Labute approximate surface area is 65.7 Å². The summed E-state index contributed by atoms with van der Waals surface area (Å²) >= 11 is 0. The van der Waals surface area contributed by atoms with Gasteiger partial charge in [-0.05, 0) is 0 Å². The van der Waals surface area contributed by atoms with Crippen LogP contribution in [0.15, 0.2) is 24.5 Å². The first-order valence-electron chi connectivity index (χ1n) is 3.41. The van der Waals surface area contributed by atoms with Gasteiger partial charge in [0.1, 0.15) is 7.05 Å². The molecule has 1 aromatic rings. The molecule has 0 bridgehead atoms. The van der Waals surface area contributed by atoms with Crippen LogP contribution in [0.3, 0.4) is 0 Å². The molecule has 58 valence electrons. The SMILES string of the molecule is CNC(=O)c1cc[n+](C)cc1. The summed E-state index contributed by atoms with van der Waals surface area (Å²) in [4.78, 5) is 11.0. The van der Waals surface area contributed by atoms with Gasteiger partial charge in [0.05, 0.1) is 5.56 Å². The number of hydrogen-bond acceptors (Lipinski definition) is 1. The van der Waals surface area contributed by atoms with E-state index in [0.717, 1.165) is 0 Å². The number of amides is 1. The van der Waals surface area contributed by atoms with Gasteiger partial charge in [-0.15, -0.1) is 0 Å². The molecule has 0 atom stereocenters. The highest BCUT2D eigenvalue weighted by molar-refractivity contribution is 5.93. The maximum Gasteiger partial charge on any atom is 0.251 e. The third-order valence-electron chi connectivity index (χ3n) is 1.47. The summed E-state index contributed by atoms with van der Waals surface area (Å²) in [6.45, 7) is 0. The van der Waals surface area contributed by atoms with Crippen molar-refractivity contribution in [3.8, 4) is 0 Å². The Bertz CT molecular complexity index is 253. The van der Waals surface area contributed by atoms with E-state index >= 15 is 0 Å². The van der Waals surface area contributed by atoms with Crippen molar-refractivity contribution in [3.63, 3.8) is 0 Å². The monoisotopic (exact) mass is 151 g/mol. The van der Waals surface area contributed by atoms with Crippen molar-refractivity contribution in [1.29, 1.82) is 0 Å². The van der Waals surface area contributed by atoms with Gasteiger partial charge in [-0.2, -0.15) is 0 Å². The average molecular weight is 151 g/mol. The Kier molecular flexibility index (Phi) is 2.21. The summed E-state index contributed by atoms with van der Waals surface area (Å²) < 4.78 is 1.88. The molecular weight excluding hydrogens is 140 g/mol. The Morgan fingerprint density at radius 2 is 2.00 bits per heavy atom. The molecule has 11 heavy (non-hydrogen) atoms. The van der Waals surface area contributed by atoms with Crippen LogP contribution in [-0.4, -0.2) is 13.0 Å². The van der Waals surface area contributed by atoms with Gasteiger partial charge in [0.15, 0.2) is 12.4 Å². The number of rotatable bonds is 1. The van der Waals surface area contributed by atoms with E-state index < -0.39 is 0 Å². The van der Waals surface area contributed by atoms with E-state index in [2.05, 4.69) is 5.32 Å². The first-order chi connectivity index (χ1) is 5.24. The number of hydrogen-bond donors (Lipinski definition) is 1. The molecule has 3 nitrogen and oxygen atoms in total. The first-order valence-corrected chi connectivity index (χ1v) is 3.41. The molecule has 1 rings (SSSR count). The minimum absolute atomic E-state index is 0.0504. The highest BCUT2D eigenvalue weighted by Gasteiger charge is 2.02. The van der Waals surface area contributed by atoms with E-state index in [1.807, 2.05) is 24.0 Å². The van der Waals surface area contributed by atoms with Gasteiger partial charge in [-0.3, -0.25) is 4.79 Å². The number of carbonyl (C=O) groups excluding carboxylic acids is 1. The zero-order valence-electron chi connectivity index (χ0n) is 6.66. The summed E-state index contributed by atoms with van der Waals surface area (Å²) in [6, 6.07) is 3.55. The Balaban J connectivity index is 2.90. The van der Waals surface area contributed by atoms with Crippen LogP contribution in [0, 0.1) is 0 Å². The minimum atomic E-state index is -0.0504. The third kappa shape index (κ3) is 1.77. The number of aromatic nitrogens is 1. The summed E-state index contributed by atoms with van der Waals surface area (Å²) in [5, 5.41) is 2.55. The summed E-state index contributed by atoms with van der Waals surface area (Å²) in [6.07, 6.45) is 3.68. The lowest BCUT2D eigenvalue weighted by Gasteiger charge is -1.95. The van der Waals surface area contributed by atoms with Crippen molar-refractivity contribution < 1.29 is 9.36 Å². The van der Waals surface area contributed by atoms with E-state index in [9.17, 15) is 4.79 Å². The van der Waals surface area contributed by atoms with Crippen molar-refractivity contribution in [2.45, 2.75) is 0 Å². The Hall–Kier alpha value is -1.38. The van der Waals surface area contributed by atoms with Crippen LogP contribution in [-0.2, 0) is 7.05 Å². The molecule has 0 saturated heterocycles. The van der Waals surface area contributed by atoms with Gasteiger partial charge in [0, 0.05) is 19.2 Å². The van der Waals surface area contributed by atoms with Crippen LogP contribution in [0.2, 0.25) is 0 Å². The van der Waals surface area contributed by atoms with Gasteiger partial charge in [0.2, 0.25) is 0 Å². The molecule has 1 aromatic heterocycles. The molecule has 1 amide bonds. The van der Waals surface area contributed by atoms with Crippen molar-refractivity contribution in [3.05, 3.63) is 30.1 Å². The van der Waals surface area contributed by atoms with E-state index in [1.165, 1.54) is 0 Å². The lowest BCUT2D eigenvalue weighted by atomic mass is 10.2. The van der Waals surface area contributed by atoms with Crippen molar-refractivity contribution in [2.24, 2.45) is 7.05 Å². The van der Waals surface area contributed by atoms with Crippen molar-refractivity contribution in [1.82, 2.24) is 5.32 Å². The second-order valence-electron chi connectivity index (χ2n) is 2.33. The van der Waals surface area contributed by atoms with Crippen molar-refractivity contribution in [2.75, 3.05) is 7.05 Å². The second-order valence-corrected chi connectivity index (χ2v) is 2.33. The Morgan fingerprint density at radius 1 is 1.45 bits per heavy atom. The quantitative estimate of drug-likeness (QED) is 0.557. The summed E-state index contributed by atoms with van der Waals surface area (Å²) in [5.74, 6) is -0.0504. The molecular formula is C8H11N2O+. The number of aryl methyl sites for hydroxylation is 1. The highest BCUT2D eigenvalue weighted by atomic mass is 16.1. The van der Waals surface area contributed by atoms with Crippen LogP contribution < -0.4 is 9.88 Å². The molecule has 3 heteroatoms. The normalized spacial score (nSPS) is 9.27. The molecule has 0 unspecified atom stereocenters. The highest BCUT2D eigenvalue weighted by Crippen LogP contribution is 1.92. The predicted octanol–water partition coefficient (Wildman–Crippen LogP) is -0.129. The molecule has 0 saturated carbocycles. The molecule has 1 heterocycles. The van der Waals surface area contributed by atoms with Crippen molar-refractivity contribution >= 4 is 5.91 Å². The van der Waals surface area contributed by atoms with Crippen LogP contribution in [0.25, 0.3) is 0 Å². The smallest absolute Gasteiger partial charge is 0.251 e. The van der Waals surface area contributed by atoms with E-state index in [-0.39, 0.29) is 5.91 Å². The van der Waals surface area contributed by atoms with Gasteiger partial charge in [0.25, 0.3) is 5.91 Å². The van der Waals surface area contributed by atoms with Crippen LogP contribution in [0.4, 0.5) is 0 Å². The topological polar surface area (TPSA) is 33.0 Å². The molecule has 0 aliphatic carbocycles. The number of carbonyl (C=O) groups is 1. The maximum absolute atomic E-state index is 11.0. The van der Waals surface area contributed by atoms with Gasteiger partial charge < -0.3 is 5.32 Å². The number of nitrogens with one attached hydrogen (secondary N) is 1. The molecule has 0 aliphatic heterocycles. The zero-order chi connectivity index (χ0) is 8.27. The minimum Gasteiger partial charge on any atom is -0.355 e. The number of pyridine rings is 1. The Morgan fingerprint density at radius 3 is 2.45 bits per heavy atom. The van der Waals surface area contributed by atoms with E-state index in [0.29, 0.717) is 5.56 Å². The second kappa shape index (κ2) is 3.14. The van der Waals surface area contributed by atoms with Crippen LogP contribution in [0.1, 0.15) is 10.4 Å². The summed E-state index contributed by atoms with van der Waals surface area (Å²) in [5.41, 5.74) is 0.686. The van der Waals surface area contributed by atoms with Crippen LogP contribution >= 0.6 is 0 Å². The third-order valence-corrected chi connectivity index (χ3v) is 1.47. The zero-order valence-corrected chi connectivity index (χ0v) is 6.66. The fourth-order valence-corrected chi connectivity index (χ4v) is 0.797. The largest absolute Gasteiger partial charge is 0.355 e. The molecule has 0 aliphatic rings. The van der Waals surface area contributed by atoms with E-state index in [4.69, 9.17) is 0 Å². The average Bonchev–Trinajstić information content (AvgIpc) is 2.05. The van der Waals surface area contributed by atoms with Crippen LogP contribution in [0.5, 0.6) is 0 Å². The van der Waals surface area contributed by atoms with Gasteiger partial charge in [-0.25, -0.2) is 4.57 Å². The van der Waals surface area contributed by atoms with Gasteiger partial charge >= 0.3 is 0 Å². The first kappa shape index (κ1) is 7.72. The molecule has 0 spiro atoms. The fraction of sp³-hybridized carbons (Fsp3) is 0.250. The maximum atomic E-state index is 11.0. The van der Waals surface area contributed by atoms with E-state index in [1.54, 1.807) is 19.2 Å². The lowest BCUT2D eigenvalue weighted by Crippen LogP contribution is -2.27. The molecule has 0 aromatic carbocycles. The summed E-state index contributed by atoms with van der Waals surface area (Å²) in [7, 11) is 3.53. The standard InChI is InChI=1S/C8H10N2O/c1-9-8(11)7-3-5-10(2)6-4-7/h3-6H,1-2H3/p+1. The molecule has 0 radical (unpaired) electrons. The number of nitrogens with zero attached hydrogens (tertiary/aromatic N) is 1. The van der Waals surface area contributed by atoms with Gasteiger partial charge in [-0.1, -0.05) is 0 Å².